The van der Waals surface area contributed by atoms with Gasteiger partial charge in [-0.15, -0.1) is 0 Å². The molecule has 90 valence electrons. The lowest BCUT2D eigenvalue weighted by molar-refractivity contribution is 0.800. The minimum Gasteiger partial charge on any atom is -0.359 e. The number of hydrogen-bond acceptors (Lipinski definition) is 4. The molecule has 0 atom stereocenters. The molecular weight excluding hydrogens is 286 g/mol. The molecule has 0 aliphatic rings. The molecule has 0 radical (unpaired) electrons. The van der Waals surface area contributed by atoms with E-state index in [1.54, 1.807) is 0 Å². The van der Waals surface area contributed by atoms with Crippen molar-refractivity contribution < 1.29 is 0 Å². The van der Waals surface area contributed by atoms with Gasteiger partial charge in [-0.05, 0) is 35.3 Å². The molecule has 1 aromatic heterocycles. The Balaban J connectivity index is 2.84. The van der Waals surface area contributed by atoms with Gasteiger partial charge in [-0.1, -0.05) is 0 Å². The molecule has 0 aliphatic carbocycles. The van der Waals surface area contributed by atoms with Crippen molar-refractivity contribution in [3.63, 3.8) is 0 Å². The Labute approximate surface area is 110 Å². The maximum Gasteiger partial charge on any atom is 0.132 e. The first-order valence-corrected chi connectivity index (χ1v) is 7.36. The maximum atomic E-state index is 4.48. The van der Waals surface area contributed by atoms with Gasteiger partial charge in [-0.3, -0.25) is 0 Å². The molecule has 1 heterocycles. The fourth-order valence-electron chi connectivity index (χ4n) is 1.47. The van der Waals surface area contributed by atoms with E-state index in [0.29, 0.717) is 0 Å². The highest BCUT2D eigenvalue weighted by atomic mass is 79.9. The molecule has 1 N–H and O–H groups in total. The van der Waals surface area contributed by atoms with Crippen LogP contribution in [0.1, 0.15) is 5.56 Å². The third-order valence-corrected chi connectivity index (χ3v) is 3.29. The van der Waals surface area contributed by atoms with Crippen molar-refractivity contribution in [2.24, 2.45) is 0 Å². The van der Waals surface area contributed by atoms with Gasteiger partial charge in [0.1, 0.15) is 5.82 Å². The van der Waals surface area contributed by atoms with Crippen LogP contribution in [0, 0.1) is 0 Å². The van der Waals surface area contributed by atoms with Gasteiger partial charge in [0.05, 0.1) is 0 Å². The van der Waals surface area contributed by atoms with Crippen molar-refractivity contribution in [3.05, 3.63) is 22.3 Å². The minimum atomic E-state index is 0.839. The van der Waals surface area contributed by atoms with Crippen molar-refractivity contribution >= 4 is 33.5 Å². The normalized spacial score (nSPS) is 10.5. The van der Waals surface area contributed by atoms with E-state index >= 15 is 0 Å². The average molecular weight is 304 g/mol. The summed E-state index contributed by atoms with van der Waals surface area (Å²) in [6, 6.07) is 2.12. The van der Waals surface area contributed by atoms with Gasteiger partial charge in [-0.25, -0.2) is 4.98 Å². The monoisotopic (exact) mass is 303 g/mol. The van der Waals surface area contributed by atoms with Crippen LogP contribution in [-0.2, 0) is 6.54 Å². The summed E-state index contributed by atoms with van der Waals surface area (Å²) in [6.45, 7) is 1.86. The third-order valence-electron chi connectivity index (χ3n) is 2.27. The second-order valence-corrected chi connectivity index (χ2v) is 5.48. The molecule has 1 rings (SSSR count). The van der Waals surface area contributed by atoms with Crippen LogP contribution in [0.25, 0.3) is 0 Å². The Kier molecular flexibility index (Phi) is 6.16. The summed E-state index contributed by atoms with van der Waals surface area (Å²) in [6.07, 6.45) is 3.97. The molecule has 0 saturated carbocycles. The first-order valence-electron chi connectivity index (χ1n) is 5.18. The maximum absolute atomic E-state index is 4.48. The van der Waals surface area contributed by atoms with Gasteiger partial charge in [0, 0.05) is 42.1 Å². The molecule has 0 amide bonds. The minimum absolute atomic E-state index is 0.839. The summed E-state index contributed by atoms with van der Waals surface area (Å²) in [5, 5.41) is 3.17. The molecule has 3 nitrogen and oxygen atoms in total. The molecule has 16 heavy (non-hydrogen) atoms. The molecule has 5 heteroatoms. The first-order chi connectivity index (χ1) is 7.69. The fraction of sp³-hybridized carbons (Fsp3) is 0.545. The van der Waals surface area contributed by atoms with Gasteiger partial charge in [0.2, 0.25) is 0 Å². The summed E-state index contributed by atoms with van der Waals surface area (Å²) in [4.78, 5) is 6.68. The van der Waals surface area contributed by atoms with E-state index < -0.39 is 0 Å². The fourth-order valence-corrected chi connectivity index (χ4v) is 2.31. The highest BCUT2D eigenvalue weighted by Gasteiger charge is 2.08. The Morgan fingerprint density at radius 3 is 2.94 bits per heavy atom. The molecule has 0 aliphatic heterocycles. The average Bonchev–Trinajstić information content (AvgIpc) is 2.26. The SMILES string of the molecule is CNCc1cc(Br)cnc1N(C)CCSC. The van der Waals surface area contributed by atoms with Gasteiger partial charge >= 0.3 is 0 Å². The summed E-state index contributed by atoms with van der Waals surface area (Å²) >= 11 is 5.31. The van der Waals surface area contributed by atoms with Crippen molar-refractivity contribution in [3.8, 4) is 0 Å². The lowest BCUT2D eigenvalue weighted by Crippen LogP contribution is -2.23. The highest BCUT2D eigenvalue weighted by molar-refractivity contribution is 9.10. The van der Waals surface area contributed by atoms with E-state index in [4.69, 9.17) is 0 Å². The number of aromatic nitrogens is 1. The summed E-state index contributed by atoms with van der Waals surface area (Å²) in [7, 11) is 4.04. The summed E-state index contributed by atoms with van der Waals surface area (Å²) in [5.41, 5.74) is 1.22. The predicted molar refractivity (Wildman–Crippen MR) is 76.4 cm³/mol. The lowest BCUT2D eigenvalue weighted by atomic mass is 10.2. The van der Waals surface area contributed by atoms with Gasteiger partial charge in [0.25, 0.3) is 0 Å². The molecule has 0 bridgehead atoms. The molecule has 0 spiro atoms. The predicted octanol–water partition coefficient (Wildman–Crippen LogP) is 2.36. The number of halogens is 1. The molecule has 0 aromatic carbocycles. The Morgan fingerprint density at radius 1 is 1.56 bits per heavy atom. The number of pyridine rings is 1. The van der Waals surface area contributed by atoms with Crippen molar-refractivity contribution in [2.45, 2.75) is 6.54 Å². The lowest BCUT2D eigenvalue weighted by Gasteiger charge is -2.20. The first kappa shape index (κ1) is 13.8. The van der Waals surface area contributed by atoms with Crippen molar-refractivity contribution in [2.75, 3.05) is 37.5 Å². The topological polar surface area (TPSA) is 28.2 Å². The number of anilines is 1. The number of nitrogens with one attached hydrogen (secondary N) is 1. The molecule has 0 fully saturated rings. The molecule has 1 aromatic rings. The van der Waals surface area contributed by atoms with E-state index in [-0.39, 0.29) is 0 Å². The van der Waals surface area contributed by atoms with Crippen molar-refractivity contribution in [1.82, 2.24) is 10.3 Å². The smallest absolute Gasteiger partial charge is 0.132 e. The van der Waals surface area contributed by atoms with Gasteiger partial charge in [-0.2, -0.15) is 11.8 Å². The van der Waals surface area contributed by atoms with E-state index in [1.165, 1.54) is 5.56 Å². The Bertz CT molecular complexity index is 333. The molecular formula is C11H18BrN3S. The third kappa shape index (κ3) is 3.96. The highest BCUT2D eigenvalue weighted by Crippen LogP contribution is 2.20. The standard InChI is InChI=1S/C11H18BrN3S/c1-13-7-9-6-10(12)8-14-11(9)15(2)4-5-16-3/h6,8,13H,4-5,7H2,1-3H3. The quantitative estimate of drug-likeness (QED) is 0.873. The summed E-state index contributed by atoms with van der Waals surface area (Å²) < 4.78 is 1.03. The molecule has 0 saturated heterocycles. The van der Waals surface area contributed by atoms with Crippen LogP contribution in [0.5, 0.6) is 0 Å². The number of rotatable bonds is 6. The van der Waals surface area contributed by atoms with Crippen LogP contribution in [0.3, 0.4) is 0 Å². The molecule has 0 unspecified atom stereocenters. The Hall–Kier alpha value is -0.260. The van der Waals surface area contributed by atoms with Crippen LogP contribution in [-0.4, -0.2) is 37.6 Å². The van der Waals surface area contributed by atoms with E-state index in [9.17, 15) is 0 Å². The van der Waals surface area contributed by atoms with Crippen LogP contribution in [0.4, 0.5) is 5.82 Å². The zero-order chi connectivity index (χ0) is 12.0. The van der Waals surface area contributed by atoms with E-state index in [2.05, 4.69) is 50.5 Å². The zero-order valence-electron chi connectivity index (χ0n) is 9.96. The largest absolute Gasteiger partial charge is 0.359 e. The van der Waals surface area contributed by atoms with Gasteiger partial charge in [0.15, 0.2) is 0 Å². The number of thioether (sulfide) groups is 1. The second-order valence-electron chi connectivity index (χ2n) is 3.58. The van der Waals surface area contributed by atoms with Gasteiger partial charge < -0.3 is 10.2 Å². The number of nitrogens with zero attached hydrogens (tertiary/aromatic N) is 2. The van der Waals surface area contributed by atoms with E-state index in [0.717, 1.165) is 29.1 Å². The summed E-state index contributed by atoms with van der Waals surface area (Å²) in [5.74, 6) is 2.18. The second kappa shape index (κ2) is 7.14. The van der Waals surface area contributed by atoms with Crippen molar-refractivity contribution in [1.29, 1.82) is 0 Å². The zero-order valence-corrected chi connectivity index (χ0v) is 12.4. The van der Waals surface area contributed by atoms with Crippen LogP contribution >= 0.6 is 27.7 Å². The Morgan fingerprint density at radius 2 is 2.31 bits per heavy atom. The van der Waals surface area contributed by atoms with E-state index in [1.807, 2.05) is 25.0 Å². The number of hydrogen-bond donors (Lipinski definition) is 1. The van der Waals surface area contributed by atoms with Crippen LogP contribution < -0.4 is 10.2 Å². The van der Waals surface area contributed by atoms with Crippen LogP contribution in [0.15, 0.2) is 16.7 Å². The van der Waals surface area contributed by atoms with Crippen LogP contribution in [0.2, 0.25) is 0 Å².